The summed E-state index contributed by atoms with van der Waals surface area (Å²) in [6.45, 7) is 2.75. The smallest absolute Gasteiger partial charge is 0.331 e. The van der Waals surface area contributed by atoms with Gasteiger partial charge in [-0.25, -0.2) is 4.79 Å². The third kappa shape index (κ3) is 6.41. The summed E-state index contributed by atoms with van der Waals surface area (Å²) >= 11 is 1.01. The Bertz CT molecular complexity index is 805. The summed E-state index contributed by atoms with van der Waals surface area (Å²) in [4.78, 5) is 23.2. The Morgan fingerprint density at radius 1 is 1.25 bits per heavy atom. The molecular formula is C19H23N3O5S. The quantitative estimate of drug-likeness (QED) is 0.223. The number of hydrogen-bond acceptors (Lipinski definition) is 8. The number of amidine groups is 1. The van der Waals surface area contributed by atoms with E-state index in [1.807, 2.05) is 12.1 Å². The molecule has 1 heterocycles. The molecule has 0 unspecified atom stereocenters. The molecule has 0 saturated carbocycles. The highest BCUT2D eigenvalue weighted by Crippen LogP contribution is 2.28. The standard InChI is InChI=1S/C19H23N3O5S/c1-4-5-6-9-27-15-10-13(7-8-14(15)25-2)12-20-22-19-21-18(24)16(28-19)11-17(23)26-3/h7-8,10-12H,4-6,9H2,1-3H3,(H,21,22,24)/b16-11+,20-12?. The van der Waals surface area contributed by atoms with E-state index in [4.69, 9.17) is 9.47 Å². The Balaban J connectivity index is 2.03. The van der Waals surface area contributed by atoms with Crippen molar-refractivity contribution < 1.29 is 23.8 Å². The van der Waals surface area contributed by atoms with Crippen molar-refractivity contribution in [2.24, 2.45) is 10.2 Å². The predicted octanol–water partition coefficient (Wildman–Crippen LogP) is 2.87. The van der Waals surface area contributed by atoms with E-state index in [1.165, 1.54) is 7.11 Å². The number of benzene rings is 1. The van der Waals surface area contributed by atoms with E-state index >= 15 is 0 Å². The number of carbonyl (C=O) groups excluding carboxylic acids is 2. The van der Waals surface area contributed by atoms with Crippen LogP contribution < -0.4 is 14.8 Å². The second-order valence-electron chi connectivity index (χ2n) is 5.70. The second-order valence-corrected chi connectivity index (χ2v) is 6.73. The molecule has 1 aliphatic rings. The molecular weight excluding hydrogens is 382 g/mol. The Labute approximate surface area is 168 Å². The fraction of sp³-hybridized carbons (Fsp3) is 0.368. The summed E-state index contributed by atoms with van der Waals surface area (Å²) < 4.78 is 15.6. The van der Waals surface area contributed by atoms with E-state index < -0.39 is 11.9 Å². The van der Waals surface area contributed by atoms with Crippen LogP contribution in [0.4, 0.5) is 0 Å². The van der Waals surface area contributed by atoms with Crippen LogP contribution in [-0.4, -0.2) is 44.1 Å². The van der Waals surface area contributed by atoms with Gasteiger partial charge in [0.25, 0.3) is 5.91 Å². The van der Waals surface area contributed by atoms with Crippen molar-refractivity contribution in [2.45, 2.75) is 26.2 Å². The summed E-state index contributed by atoms with van der Waals surface area (Å²) in [5.41, 5.74) is 0.773. The van der Waals surface area contributed by atoms with Crippen LogP contribution in [-0.2, 0) is 14.3 Å². The van der Waals surface area contributed by atoms with Crippen molar-refractivity contribution in [3.63, 3.8) is 0 Å². The first-order chi connectivity index (χ1) is 13.6. The van der Waals surface area contributed by atoms with Crippen molar-refractivity contribution in [3.05, 3.63) is 34.7 Å². The first-order valence-corrected chi connectivity index (χ1v) is 9.59. The van der Waals surface area contributed by atoms with Crippen LogP contribution in [0, 0.1) is 0 Å². The summed E-state index contributed by atoms with van der Waals surface area (Å²) in [5.74, 6) is 0.266. The lowest BCUT2D eigenvalue weighted by atomic mass is 10.2. The molecule has 0 bridgehead atoms. The molecule has 0 aromatic heterocycles. The van der Waals surface area contributed by atoms with Crippen LogP contribution in [0.2, 0.25) is 0 Å². The van der Waals surface area contributed by atoms with Gasteiger partial charge < -0.3 is 14.2 Å². The molecule has 8 nitrogen and oxygen atoms in total. The second kappa shape index (κ2) is 11.1. The molecule has 2 rings (SSSR count). The lowest BCUT2D eigenvalue weighted by molar-refractivity contribution is -0.135. The van der Waals surface area contributed by atoms with Crippen LogP contribution in [0.1, 0.15) is 31.7 Å². The van der Waals surface area contributed by atoms with Gasteiger partial charge in [-0.3, -0.25) is 10.1 Å². The molecule has 1 aromatic rings. The molecule has 1 saturated heterocycles. The molecule has 1 fully saturated rings. The van der Waals surface area contributed by atoms with Gasteiger partial charge in [-0.15, -0.1) is 5.10 Å². The first-order valence-electron chi connectivity index (χ1n) is 8.78. The molecule has 9 heteroatoms. The highest BCUT2D eigenvalue weighted by atomic mass is 32.2. The third-order valence-corrected chi connectivity index (χ3v) is 4.55. The largest absolute Gasteiger partial charge is 0.493 e. The molecule has 1 N–H and O–H groups in total. The zero-order chi connectivity index (χ0) is 20.4. The first kappa shape index (κ1) is 21.5. The summed E-state index contributed by atoms with van der Waals surface area (Å²) in [6.07, 6.45) is 5.86. The Hall–Kier alpha value is -2.81. The van der Waals surface area contributed by atoms with Crippen molar-refractivity contribution in [1.29, 1.82) is 0 Å². The van der Waals surface area contributed by atoms with Crippen LogP contribution in [0.5, 0.6) is 11.5 Å². The lowest BCUT2D eigenvalue weighted by Crippen LogP contribution is -2.19. The predicted molar refractivity (Wildman–Crippen MR) is 109 cm³/mol. The maximum Gasteiger partial charge on any atom is 0.331 e. The van der Waals surface area contributed by atoms with Gasteiger partial charge in [0.15, 0.2) is 16.7 Å². The number of nitrogens with zero attached hydrogens (tertiary/aromatic N) is 2. The highest BCUT2D eigenvalue weighted by molar-refractivity contribution is 8.18. The third-order valence-electron chi connectivity index (χ3n) is 3.65. The minimum atomic E-state index is -0.605. The van der Waals surface area contributed by atoms with Gasteiger partial charge in [0.1, 0.15) is 0 Å². The van der Waals surface area contributed by atoms with Gasteiger partial charge in [0.05, 0.1) is 31.9 Å². The van der Waals surface area contributed by atoms with Crippen LogP contribution in [0.25, 0.3) is 0 Å². The maximum atomic E-state index is 11.8. The van der Waals surface area contributed by atoms with Crippen molar-refractivity contribution in [1.82, 2.24) is 5.32 Å². The molecule has 0 atom stereocenters. The van der Waals surface area contributed by atoms with Gasteiger partial charge >= 0.3 is 5.97 Å². The van der Waals surface area contributed by atoms with Crippen molar-refractivity contribution in [2.75, 3.05) is 20.8 Å². The SMILES string of the molecule is CCCCCOc1cc(C=N/N=C2/NC(=O)/C(=C\C(=O)OC)S2)ccc1OC. The van der Waals surface area contributed by atoms with Gasteiger partial charge in [0, 0.05) is 6.08 Å². The monoisotopic (exact) mass is 405 g/mol. The molecule has 0 spiro atoms. The van der Waals surface area contributed by atoms with Crippen molar-refractivity contribution in [3.8, 4) is 11.5 Å². The Morgan fingerprint density at radius 3 is 2.79 bits per heavy atom. The Morgan fingerprint density at radius 2 is 2.07 bits per heavy atom. The van der Waals surface area contributed by atoms with Gasteiger partial charge in [-0.2, -0.15) is 5.10 Å². The maximum absolute atomic E-state index is 11.8. The number of thioether (sulfide) groups is 1. The zero-order valence-electron chi connectivity index (χ0n) is 16.1. The van der Waals surface area contributed by atoms with E-state index in [-0.39, 0.29) is 10.1 Å². The Kier molecular flexibility index (Phi) is 8.54. The molecule has 1 aromatic carbocycles. The fourth-order valence-corrected chi connectivity index (χ4v) is 2.95. The molecule has 1 aliphatic heterocycles. The molecule has 1 amide bonds. The number of unbranched alkanes of at least 4 members (excludes halogenated alkanes) is 2. The van der Waals surface area contributed by atoms with Crippen LogP contribution >= 0.6 is 11.8 Å². The number of hydrogen-bond donors (Lipinski definition) is 1. The number of methoxy groups -OCH3 is 2. The minimum absolute atomic E-state index is 0.202. The van der Waals surface area contributed by atoms with Gasteiger partial charge in [-0.05, 0) is 41.9 Å². The molecule has 150 valence electrons. The number of carbonyl (C=O) groups is 2. The summed E-state index contributed by atoms with van der Waals surface area (Å²) in [5, 5.41) is 10.8. The molecule has 0 radical (unpaired) electrons. The van der Waals surface area contributed by atoms with E-state index in [9.17, 15) is 9.59 Å². The van der Waals surface area contributed by atoms with Crippen molar-refractivity contribution >= 4 is 35.0 Å². The van der Waals surface area contributed by atoms with Crippen LogP contribution in [0.15, 0.2) is 39.4 Å². The minimum Gasteiger partial charge on any atom is -0.493 e. The summed E-state index contributed by atoms with van der Waals surface area (Å²) in [7, 11) is 2.83. The molecule has 0 aliphatic carbocycles. The van der Waals surface area contributed by atoms with E-state index in [1.54, 1.807) is 19.4 Å². The fourth-order valence-electron chi connectivity index (χ4n) is 2.21. The number of rotatable bonds is 9. The number of esters is 1. The normalized spacial score (nSPS) is 16.6. The molecule has 28 heavy (non-hydrogen) atoms. The number of ether oxygens (including phenoxy) is 3. The highest BCUT2D eigenvalue weighted by Gasteiger charge is 2.24. The van der Waals surface area contributed by atoms with Gasteiger partial charge in [0.2, 0.25) is 0 Å². The topological polar surface area (TPSA) is 98.6 Å². The zero-order valence-corrected chi connectivity index (χ0v) is 16.9. The summed E-state index contributed by atoms with van der Waals surface area (Å²) in [6, 6.07) is 5.44. The van der Waals surface area contributed by atoms with E-state index in [0.29, 0.717) is 18.1 Å². The number of amides is 1. The van der Waals surface area contributed by atoms with Crippen LogP contribution in [0.3, 0.4) is 0 Å². The van der Waals surface area contributed by atoms with Gasteiger partial charge in [-0.1, -0.05) is 19.8 Å². The average Bonchev–Trinajstić information content (AvgIpc) is 3.04. The van der Waals surface area contributed by atoms with E-state index in [2.05, 4.69) is 27.2 Å². The van der Waals surface area contributed by atoms with E-state index in [0.717, 1.165) is 42.7 Å². The average molecular weight is 405 g/mol. The number of nitrogens with one attached hydrogen (secondary N) is 1. The lowest BCUT2D eigenvalue weighted by Gasteiger charge is -2.11.